The van der Waals surface area contributed by atoms with Gasteiger partial charge in [-0.1, -0.05) is 25.0 Å². The van der Waals surface area contributed by atoms with Gasteiger partial charge in [-0.2, -0.15) is 0 Å². The number of ether oxygens (including phenoxy) is 1. The molecule has 27 heavy (non-hydrogen) atoms. The van der Waals surface area contributed by atoms with Crippen LogP contribution < -0.4 is 15.4 Å². The van der Waals surface area contributed by atoms with Crippen LogP contribution in [0, 0.1) is 6.92 Å². The molecule has 0 unspecified atom stereocenters. The number of hydrogen-bond acceptors (Lipinski definition) is 4. The number of aryl methyl sites for hydroxylation is 1. The molecule has 1 aliphatic carbocycles. The van der Waals surface area contributed by atoms with Gasteiger partial charge in [0.25, 0.3) is 0 Å². The summed E-state index contributed by atoms with van der Waals surface area (Å²) in [5.41, 5.74) is 1.51. The van der Waals surface area contributed by atoms with E-state index in [9.17, 15) is 0 Å². The van der Waals surface area contributed by atoms with Crippen molar-refractivity contribution in [1.29, 1.82) is 0 Å². The van der Waals surface area contributed by atoms with Gasteiger partial charge < -0.3 is 15.4 Å². The van der Waals surface area contributed by atoms with Crippen LogP contribution in [0.4, 0.5) is 0 Å². The summed E-state index contributed by atoms with van der Waals surface area (Å²) in [5.74, 6) is 1.79. The average Bonchev–Trinajstić information content (AvgIpc) is 3.34. The van der Waals surface area contributed by atoms with Crippen molar-refractivity contribution in [1.82, 2.24) is 15.6 Å². The summed E-state index contributed by atoms with van der Waals surface area (Å²) in [6.45, 7) is 3.81. The summed E-state index contributed by atoms with van der Waals surface area (Å²) in [6, 6.07) is 8.53. The molecule has 1 fully saturated rings. The lowest BCUT2D eigenvalue weighted by Crippen LogP contribution is -2.45. The number of guanidine groups is 1. The lowest BCUT2D eigenvalue weighted by molar-refractivity contribution is 0.404. The molecular formula is C21H30N4OS. The molecule has 1 aromatic heterocycles. The molecule has 0 radical (unpaired) electrons. The van der Waals surface area contributed by atoms with Crippen LogP contribution in [-0.2, 0) is 11.8 Å². The van der Waals surface area contributed by atoms with E-state index >= 15 is 0 Å². The Hall–Kier alpha value is -2.08. The van der Waals surface area contributed by atoms with Gasteiger partial charge in [-0.05, 0) is 37.5 Å². The fourth-order valence-corrected chi connectivity index (χ4v) is 4.64. The first-order valence-corrected chi connectivity index (χ1v) is 10.5. The Labute approximate surface area is 166 Å². The van der Waals surface area contributed by atoms with E-state index < -0.39 is 0 Å². The normalized spacial score (nSPS) is 16.3. The molecule has 0 amide bonds. The molecule has 0 spiro atoms. The van der Waals surface area contributed by atoms with E-state index in [-0.39, 0.29) is 5.41 Å². The van der Waals surface area contributed by atoms with Gasteiger partial charge in [-0.25, -0.2) is 4.98 Å². The van der Waals surface area contributed by atoms with Crippen LogP contribution in [-0.4, -0.2) is 38.2 Å². The highest BCUT2D eigenvalue weighted by molar-refractivity contribution is 7.11. The van der Waals surface area contributed by atoms with Gasteiger partial charge in [0.15, 0.2) is 5.96 Å². The molecule has 1 aromatic carbocycles. The second-order valence-corrected chi connectivity index (χ2v) is 8.51. The molecule has 5 nitrogen and oxygen atoms in total. The van der Waals surface area contributed by atoms with Crippen molar-refractivity contribution in [2.45, 2.75) is 44.4 Å². The zero-order valence-corrected chi connectivity index (χ0v) is 17.4. The number of aromatic nitrogens is 1. The third-order valence-electron chi connectivity index (χ3n) is 5.36. The minimum absolute atomic E-state index is 0.151. The Morgan fingerprint density at radius 1 is 1.30 bits per heavy atom. The number of benzene rings is 1. The van der Waals surface area contributed by atoms with Crippen LogP contribution in [0.5, 0.6) is 5.75 Å². The number of hydrogen-bond donors (Lipinski definition) is 2. The molecule has 2 N–H and O–H groups in total. The average molecular weight is 387 g/mol. The lowest BCUT2D eigenvalue weighted by atomic mass is 9.78. The number of methoxy groups -OCH3 is 1. The van der Waals surface area contributed by atoms with Crippen molar-refractivity contribution >= 4 is 17.3 Å². The van der Waals surface area contributed by atoms with E-state index in [1.165, 1.54) is 41.1 Å². The Bertz CT molecular complexity index is 765. The maximum atomic E-state index is 5.44. The summed E-state index contributed by atoms with van der Waals surface area (Å²) in [5, 5.41) is 8.15. The largest absolute Gasteiger partial charge is 0.497 e. The van der Waals surface area contributed by atoms with E-state index in [2.05, 4.69) is 45.7 Å². The highest BCUT2D eigenvalue weighted by atomic mass is 32.1. The van der Waals surface area contributed by atoms with Gasteiger partial charge in [-0.15, -0.1) is 11.3 Å². The van der Waals surface area contributed by atoms with Crippen molar-refractivity contribution in [3.63, 3.8) is 0 Å². The highest BCUT2D eigenvalue weighted by Crippen LogP contribution is 2.41. The zero-order valence-electron chi connectivity index (χ0n) is 16.5. The minimum atomic E-state index is 0.151. The predicted molar refractivity (Wildman–Crippen MR) is 113 cm³/mol. The highest BCUT2D eigenvalue weighted by Gasteiger charge is 2.36. The first kappa shape index (κ1) is 19.7. The molecule has 1 heterocycles. The van der Waals surface area contributed by atoms with Crippen LogP contribution >= 0.6 is 11.3 Å². The SMILES string of the molecule is CN=C(NCCc1ncc(C)s1)NCC1(c2cccc(OC)c2)CCCC1. The van der Waals surface area contributed by atoms with Crippen molar-refractivity contribution in [2.24, 2.45) is 4.99 Å². The van der Waals surface area contributed by atoms with Crippen molar-refractivity contribution in [3.8, 4) is 5.75 Å². The first-order valence-electron chi connectivity index (χ1n) is 9.65. The molecule has 6 heteroatoms. The van der Waals surface area contributed by atoms with Gasteiger partial charge in [-0.3, -0.25) is 4.99 Å². The van der Waals surface area contributed by atoms with E-state index in [0.29, 0.717) is 0 Å². The maximum Gasteiger partial charge on any atom is 0.191 e. The van der Waals surface area contributed by atoms with E-state index in [0.717, 1.165) is 31.2 Å². The Morgan fingerprint density at radius 2 is 2.11 bits per heavy atom. The standard InChI is InChI=1S/C21H30N4OS/c1-16-14-24-19(27-16)9-12-23-20(22-2)25-15-21(10-4-5-11-21)17-7-6-8-18(13-17)26-3/h6-8,13-14H,4-5,9-12,15H2,1-3H3,(H2,22,23,25). The van der Waals surface area contributed by atoms with Gasteiger partial charge >= 0.3 is 0 Å². The summed E-state index contributed by atoms with van der Waals surface area (Å²) in [6.07, 6.45) is 7.79. The number of thiazole rings is 1. The van der Waals surface area contributed by atoms with E-state index in [1.54, 1.807) is 18.4 Å². The second kappa shape index (κ2) is 9.22. The Morgan fingerprint density at radius 3 is 2.78 bits per heavy atom. The fraction of sp³-hybridized carbons (Fsp3) is 0.524. The van der Waals surface area contributed by atoms with Crippen LogP contribution in [0.15, 0.2) is 35.5 Å². The van der Waals surface area contributed by atoms with Crippen LogP contribution in [0.25, 0.3) is 0 Å². The quantitative estimate of drug-likeness (QED) is 0.563. The number of rotatable bonds is 7. The van der Waals surface area contributed by atoms with Crippen molar-refractivity contribution < 1.29 is 4.74 Å². The van der Waals surface area contributed by atoms with Gasteiger partial charge in [0.2, 0.25) is 0 Å². The minimum Gasteiger partial charge on any atom is -0.497 e. The fourth-order valence-electron chi connectivity index (χ4n) is 3.85. The lowest BCUT2D eigenvalue weighted by Gasteiger charge is -2.31. The molecule has 1 aliphatic rings. The van der Waals surface area contributed by atoms with Gasteiger partial charge in [0, 0.05) is 43.0 Å². The monoisotopic (exact) mass is 386 g/mol. The van der Waals surface area contributed by atoms with Crippen LogP contribution in [0.1, 0.15) is 41.1 Å². The molecule has 0 aliphatic heterocycles. The topological polar surface area (TPSA) is 58.5 Å². The second-order valence-electron chi connectivity index (χ2n) is 7.19. The van der Waals surface area contributed by atoms with Crippen molar-refractivity contribution in [3.05, 3.63) is 45.9 Å². The molecule has 0 bridgehead atoms. The maximum absolute atomic E-state index is 5.44. The van der Waals surface area contributed by atoms with E-state index in [1.807, 2.05) is 19.3 Å². The Kier molecular flexibility index (Phi) is 6.72. The van der Waals surface area contributed by atoms with Gasteiger partial charge in [0.1, 0.15) is 5.75 Å². The molecule has 3 rings (SSSR count). The van der Waals surface area contributed by atoms with Crippen molar-refractivity contribution in [2.75, 3.05) is 27.2 Å². The summed E-state index contributed by atoms with van der Waals surface area (Å²) < 4.78 is 5.44. The molecule has 0 atom stereocenters. The summed E-state index contributed by atoms with van der Waals surface area (Å²) in [4.78, 5) is 10.1. The predicted octanol–water partition coefficient (Wildman–Crippen LogP) is 3.68. The summed E-state index contributed by atoms with van der Waals surface area (Å²) in [7, 11) is 3.56. The van der Waals surface area contributed by atoms with Gasteiger partial charge in [0.05, 0.1) is 12.1 Å². The molecular weight excluding hydrogens is 356 g/mol. The Balaban J connectivity index is 1.59. The molecule has 146 valence electrons. The van der Waals surface area contributed by atoms with Crippen LogP contribution in [0.2, 0.25) is 0 Å². The number of nitrogens with one attached hydrogen (secondary N) is 2. The zero-order chi connectivity index (χ0) is 19.1. The van der Waals surface area contributed by atoms with Crippen LogP contribution in [0.3, 0.4) is 0 Å². The van der Waals surface area contributed by atoms with E-state index in [4.69, 9.17) is 4.74 Å². The number of aliphatic imine (C=N–C) groups is 1. The third kappa shape index (κ3) is 5.01. The first-order chi connectivity index (χ1) is 13.1. The molecule has 0 saturated heterocycles. The smallest absolute Gasteiger partial charge is 0.191 e. The molecule has 2 aromatic rings. The summed E-state index contributed by atoms with van der Waals surface area (Å²) >= 11 is 1.76. The molecule has 1 saturated carbocycles. The third-order valence-corrected chi connectivity index (χ3v) is 6.33. The number of nitrogens with zero attached hydrogens (tertiary/aromatic N) is 2.